The molecule has 0 aliphatic carbocycles. The zero-order valence-electron chi connectivity index (χ0n) is 22.6. The maximum Gasteiger partial charge on any atom is 0.399 e. The fraction of sp³-hybridized carbons (Fsp3) is 0.0667. The molecule has 0 saturated heterocycles. The molecular weight excluding hydrogens is 720 g/mol. The van der Waals surface area contributed by atoms with E-state index in [0.29, 0.717) is 39.1 Å². The normalized spacial score (nSPS) is 11.8. The molecule has 0 amide bonds. The van der Waals surface area contributed by atoms with E-state index in [1.54, 1.807) is 59.5 Å². The lowest BCUT2D eigenvalue weighted by Crippen LogP contribution is -2.18. The molecule has 3 N–H and O–H groups in total. The van der Waals surface area contributed by atoms with Crippen molar-refractivity contribution < 1.29 is 42.2 Å². The van der Waals surface area contributed by atoms with E-state index in [1.807, 2.05) is 0 Å². The summed E-state index contributed by atoms with van der Waals surface area (Å²) in [5, 5.41) is 9.61. The zero-order valence-corrected chi connectivity index (χ0v) is 26.6. The third-order valence-electron chi connectivity index (χ3n) is 6.48. The molecular formula is C30H20BrCl2F2N2O7P. The van der Waals surface area contributed by atoms with E-state index in [9.17, 15) is 18.1 Å². The predicted octanol–water partition coefficient (Wildman–Crippen LogP) is 9.47. The number of carbonyl (C=O) groups is 1. The number of carboxylic acids is 1. The third-order valence-corrected chi connectivity index (χ3v) is 8.85. The standard InChI is InChI=1S/C30H20BrCl2F2N2O7P/c31-24-13-17(1-11-23(24)30(34,35)45(40,41)42)16-37(20-6-12-25(32)26(33)14-20)29-36-15-27(44-29)18-2-7-21(8-3-18)43-22-9-4-19(5-10-22)28(38)39/h1-15H,16H2,(H,38,39)(H2,40,41,42). The molecule has 0 aliphatic rings. The topological polar surface area (TPSA) is 133 Å². The highest BCUT2D eigenvalue weighted by Crippen LogP contribution is 2.60. The van der Waals surface area contributed by atoms with Gasteiger partial charge in [0.15, 0.2) is 5.76 Å². The lowest BCUT2D eigenvalue weighted by molar-refractivity contribution is 0.0557. The smallest absolute Gasteiger partial charge is 0.399 e. The third kappa shape index (κ3) is 7.22. The van der Waals surface area contributed by atoms with E-state index in [0.717, 1.165) is 6.07 Å². The van der Waals surface area contributed by atoms with Gasteiger partial charge in [-0.05, 0) is 78.4 Å². The van der Waals surface area contributed by atoms with E-state index >= 15 is 0 Å². The van der Waals surface area contributed by atoms with E-state index in [2.05, 4.69) is 20.9 Å². The van der Waals surface area contributed by atoms with Crippen molar-refractivity contribution in [2.75, 3.05) is 4.90 Å². The number of carboxylic acid groups (broad SMARTS) is 1. The highest BCUT2D eigenvalue weighted by atomic mass is 79.9. The fourth-order valence-corrected chi connectivity index (χ4v) is 5.80. The Morgan fingerprint density at radius 2 is 1.60 bits per heavy atom. The Bertz CT molecular complexity index is 1920. The molecule has 4 aromatic carbocycles. The SMILES string of the molecule is O=C(O)c1ccc(Oc2ccc(-c3cnc(N(Cc4ccc(C(F)(F)P(=O)(O)O)c(Br)c4)c4ccc(Cl)c(Cl)c4)o3)cc2)cc1. The second-order valence-electron chi connectivity index (χ2n) is 9.55. The molecule has 0 spiro atoms. The second-order valence-corrected chi connectivity index (χ2v) is 12.9. The number of aromatic nitrogens is 1. The lowest BCUT2D eigenvalue weighted by Gasteiger charge is -2.23. The monoisotopic (exact) mass is 738 g/mol. The van der Waals surface area contributed by atoms with Crippen molar-refractivity contribution >= 4 is 64.4 Å². The molecule has 0 atom stereocenters. The van der Waals surface area contributed by atoms with Gasteiger partial charge in [0.25, 0.3) is 0 Å². The summed E-state index contributed by atoms with van der Waals surface area (Å²) in [6.07, 6.45) is 1.50. The highest BCUT2D eigenvalue weighted by Gasteiger charge is 2.51. The van der Waals surface area contributed by atoms with E-state index in [4.69, 9.17) is 47.2 Å². The first kappa shape index (κ1) is 32.6. The van der Waals surface area contributed by atoms with Gasteiger partial charge < -0.3 is 24.0 Å². The van der Waals surface area contributed by atoms with Gasteiger partial charge in [0.2, 0.25) is 0 Å². The van der Waals surface area contributed by atoms with Crippen LogP contribution in [-0.2, 0) is 16.8 Å². The summed E-state index contributed by atoms with van der Waals surface area (Å²) in [5.41, 5.74) is -3.48. The van der Waals surface area contributed by atoms with Crippen LogP contribution >= 0.6 is 46.7 Å². The van der Waals surface area contributed by atoms with Crippen molar-refractivity contribution in [2.45, 2.75) is 12.2 Å². The van der Waals surface area contributed by atoms with Crippen LogP contribution in [0.5, 0.6) is 11.5 Å². The van der Waals surface area contributed by atoms with Crippen LogP contribution in [0, 0.1) is 0 Å². The minimum atomic E-state index is -5.77. The van der Waals surface area contributed by atoms with Crippen LogP contribution in [0.15, 0.2) is 100 Å². The van der Waals surface area contributed by atoms with Gasteiger partial charge in [-0.1, -0.05) is 51.3 Å². The van der Waals surface area contributed by atoms with Gasteiger partial charge in [0.05, 0.1) is 28.4 Å². The van der Waals surface area contributed by atoms with E-state index in [1.165, 1.54) is 30.5 Å². The molecule has 5 aromatic rings. The molecule has 9 nitrogen and oxygen atoms in total. The van der Waals surface area contributed by atoms with Crippen molar-refractivity contribution in [3.8, 4) is 22.8 Å². The Kier molecular flexibility index (Phi) is 9.36. The first-order chi connectivity index (χ1) is 21.2. The van der Waals surface area contributed by atoms with Crippen LogP contribution in [0.4, 0.5) is 20.5 Å². The van der Waals surface area contributed by atoms with Crippen LogP contribution in [0.3, 0.4) is 0 Å². The van der Waals surface area contributed by atoms with E-state index < -0.39 is 24.8 Å². The van der Waals surface area contributed by atoms with Gasteiger partial charge in [-0.3, -0.25) is 9.46 Å². The number of oxazole rings is 1. The number of hydrogen-bond donors (Lipinski definition) is 3. The summed E-state index contributed by atoms with van der Waals surface area (Å²) in [7, 11) is -5.77. The van der Waals surface area contributed by atoms with Crippen molar-refractivity contribution in [3.05, 3.63) is 122 Å². The number of alkyl halides is 2. The molecule has 0 saturated carbocycles. The first-order valence-corrected chi connectivity index (χ1v) is 15.9. The quantitative estimate of drug-likeness (QED) is 0.120. The van der Waals surface area contributed by atoms with Gasteiger partial charge in [-0.25, -0.2) is 9.78 Å². The number of aromatic carboxylic acids is 1. The maximum absolute atomic E-state index is 14.4. The molecule has 15 heteroatoms. The molecule has 0 aliphatic heterocycles. The zero-order chi connectivity index (χ0) is 32.5. The van der Waals surface area contributed by atoms with Crippen molar-refractivity contribution in [2.24, 2.45) is 0 Å². The Morgan fingerprint density at radius 1 is 0.956 bits per heavy atom. The minimum absolute atomic E-state index is 0.0335. The molecule has 1 aromatic heterocycles. The number of rotatable bonds is 10. The number of nitrogens with zero attached hydrogens (tertiary/aromatic N) is 2. The van der Waals surface area contributed by atoms with E-state index in [-0.39, 0.29) is 27.6 Å². The van der Waals surface area contributed by atoms with Crippen LogP contribution in [-0.4, -0.2) is 25.8 Å². The molecule has 0 radical (unpaired) electrons. The maximum atomic E-state index is 14.4. The van der Waals surface area contributed by atoms with Crippen LogP contribution in [0.1, 0.15) is 21.5 Å². The Hall–Kier alpha value is -3.77. The molecule has 232 valence electrons. The second kappa shape index (κ2) is 12.9. The Balaban J connectivity index is 1.41. The fourth-order valence-electron chi connectivity index (χ4n) is 4.17. The van der Waals surface area contributed by atoms with Crippen molar-refractivity contribution in [3.63, 3.8) is 0 Å². The number of hydrogen-bond acceptors (Lipinski definition) is 6. The molecule has 45 heavy (non-hydrogen) atoms. The number of anilines is 2. The number of ether oxygens (including phenoxy) is 1. The average Bonchev–Trinajstić information content (AvgIpc) is 3.47. The summed E-state index contributed by atoms with van der Waals surface area (Å²) in [6, 6.07) is 21.4. The lowest BCUT2D eigenvalue weighted by atomic mass is 10.1. The molecule has 0 fully saturated rings. The predicted molar refractivity (Wildman–Crippen MR) is 168 cm³/mol. The summed E-state index contributed by atoms with van der Waals surface area (Å²) >= 11 is 15.4. The van der Waals surface area contributed by atoms with Crippen LogP contribution in [0.25, 0.3) is 11.3 Å². The van der Waals surface area contributed by atoms with Gasteiger partial charge in [-0.2, -0.15) is 8.78 Å². The minimum Gasteiger partial charge on any atom is -0.478 e. The molecule has 0 bridgehead atoms. The van der Waals surface area contributed by atoms with Crippen LogP contribution < -0.4 is 9.64 Å². The Morgan fingerprint density at radius 3 is 2.18 bits per heavy atom. The summed E-state index contributed by atoms with van der Waals surface area (Å²) in [4.78, 5) is 35.4. The number of benzene rings is 4. The van der Waals surface area contributed by atoms with Gasteiger partial charge in [0.1, 0.15) is 11.5 Å². The Labute approximate surface area is 272 Å². The van der Waals surface area contributed by atoms with Gasteiger partial charge in [0, 0.05) is 21.3 Å². The molecule has 5 rings (SSSR count). The van der Waals surface area contributed by atoms with Crippen molar-refractivity contribution in [1.29, 1.82) is 0 Å². The van der Waals surface area contributed by atoms with Gasteiger partial charge >= 0.3 is 25.2 Å². The number of halogens is 5. The summed E-state index contributed by atoms with van der Waals surface area (Å²) in [5.74, 6) is 0.309. The molecule has 0 unspecified atom stereocenters. The average molecular weight is 740 g/mol. The highest BCUT2D eigenvalue weighted by molar-refractivity contribution is 9.10. The summed E-state index contributed by atoms with van der Waals surface area (Å²) in [6.45, 7) is 0.0335. The molecule has 1 heterocycles. The van der Waals surface area contributed by atoms with Gasteiger partial charge in [-0.15, -0.1) is 0 Å². The first-order valence-electron chi connectivity index (χ1n) is 12.8. The largest absolute Gasteiger partial charge is 0.478 e. The van der Waals surface area contributed by atoms with Crippen LogP contribution in [0.2, 0.25) is 10.0 Å². The van der Waals surface area contributed by atoms with Crippen molar-refractivity contribution in [1.82, 2.24) is 4.98 Å². The summed E-state index contributed by atoms with van der Waals surface area (Å²) < 4.78 is 51.8.